The fourth-order valence-corrected chi connectivity index (χ4v) is 4.31. The second kappa shape index (κ2) is 6.48. The number of aryl methyl sites for hydroxylation is 1. The van der Waals surface area contributed by atoms with Gasteiger partial charge in [-0.25, -0.2) is 9.37 Å². The SMILES string of the molecule is Cc1nc(-c2cccc(N3CCCC3)c2)sc1-c1ccc(O)c(F)c1. The van der Waals surface area contributed by atoms with Gasteiger partial charge in [-0.15, -0.1) is 11.3 Å². The van der Waals surface area contributed by atoms with Crippen LogP contribution in [0.1, 0.15) is 18.5 Å². The van der Waals surface area contributed by atoms with Crippen molar-refractivity contribution in [3.8, 4) is 26.8 Å². The Labute approximate surface area is 150 Å². The van der Waals surface area contributed by atoms with Gasteiger partial charge in [-0.3, -0.25) is 0 Å². The molecule has 0 unspecified atom stereocenters. The molecule has 2 aromatic carbocycles. The van der Waals surface area contributed by atoms with Crippen LogP contribution in [0.25, 0.3) is 21.0 Å². The minimum Gasteiger partial charge on any atom is -0.505 e. The molecule has 25 heavy (non-hydrogen) atoms. The van der Waals surface area contributed by atoms with E-state index in [4.69, 9.17) is 4.98 Å². The van der Waals surface area contributed by atoms with Crippen molar-refractivity contribution in [2.75, 3.05) is 18.0 Å². The first kappa shape index (κ1) is 16.1. The number of thiazole rings is 1. The Morgan fingerprint density at radius 1 is 1.08 bits per heavy atom. The molecule has 0 aliphatic carbocycles. The largest absolute Gasteiger partial charge is 0.505 e. The fourth-order valence-electron chi connectivity index (χ4n) is 3.25. The Hall–Kier alpha value is -2.40. The van der Waals surface area contributed by atoms with Crippen molar-refractivity contribution in [1.29, 1.82) is 0 Å². The van der Waals surface area contributed by atoms with Crippen molar-refractivity contribution in [3.05, 3.63) is 54.0 Å². The van der Waals surface area contributed by atoms with Gasteiger partial charge in [-0.05, 0) is 55.7 Å². The molecule has 1 aliphatic rings. The van der Waals surface area contributed by atoms with Crippen molar-refractivity contribution >= 4 is 17.0 Å². The summed E-state index contributed by atoms with van der Waals surface area (Å²) in [4.78, 5) is 8.03. The first-order valence-electron chi connectivity index (χ1n) is 8.43. The number of benzene rings is 2. The highest BCUT2D eigenvalue weighted by Gasteiger charge is 2.16. The van der Waals surface area contributed by atoms with E-state index in [0.717, 1.165) is 39.8 Å². The molecular formula is C20H19FN2OS. The summed E-state index contributed by atoms with van der Waals surface area (Å²) >= 11 is 1.55. The summed E-state index contributed by atoms with van der Waals surface area (Å²) in [5, 5.41) is 10.3. The van der Waals surface area contributed by atoms with Gasteiger partial charge < -0.3 is 10.0 Å². The molecule has 0 bridgehead atoms. The summed E-state index contributed by atoms with van der Waals surface area (Å²) in [5.74, 6) is -0.938. The molecule has 0 saturated carbocycles. The molecule has 3 nitrogen and oxygen atoms in total. The molecular weight excluding hydrogens is 335 g/mol. The molecule has 1 saturated heterocycles. The summed E-state index contributed by atoms with van der Waals surface area (Å²) in [6, 6.07) is 12.9. The minimum atomic E-state index is -0.608. The number of hydrogen-bond donors (Lipinski definition) is 1. The van der Waals surface area contributed by atoms with E-state index in [2.05, 4.69) is 29.2 Å². The quantitative estimate of drug-likeness (QED) is 0.699. The molecule has 0 radical (unpaired) electrons. The number of aromatic nitrogens is 1. The lowest BCUT2D eigenvalue weighted by atomic mass is 10.1. The normalized spacial score (nSPS) is 14.2. The Morgan fingerprint density at radius 2 is 1.88 bits per heavy atom. The van der Waals surface area contributed by atoms with Crippen LogP contribution in [0.3, 0.4) is 0 Å². The Balaban J connectivity index is 1.70. The topological polar surface area (TPSA) is 36.4 Å². The van der Waals surface area contributed by atoms with E-state index in [1.165, 1.54) is 30.7 Å². The molecule has 0 atom stereocenters. The van der Waals surface area contributed by atoms with Crippen molar-refractivity contribution in [2.45, 2.75) is 19.8 Å². The predicted molar refractivity (Wildman–Crippen MR) is 101 cm³/mol. The van der Waals surface area contributed by atoms with E-state index >= 15 is 0 Å². The highest BCUT2D eigenvalue weighted by atomic mass is 32.1. The lowest BCUT2D eigenvalue weighted by Crippen LogP contribution is -2.17. The van der Waals surface area contributed by atoms with Gasteiger partial charge in [0.15, 0.2) is 11.6 Å². The Bertz CT molecular complexity index is 916. The fraction of sp³-hybridized carbons (Fsp3) is 0.250. The third kappa shape index (κ3) is 3.12. The zero-order chi connectivity index (χ0) is 17.4. The van der Waals surface area contributed by atoms with Gasteiger partial charge in [-0.2, -0.15) is 0 Å². The monoisotopic (exact) mass is 354 g/mol. The predicted octanol–water partition coefficient (Wildman–Crippen LogP) is 5.23. The van der Waals surface area contributed by atoms with Crippen molar-refractivity contribution in [2.24, 2.45) is 0 Å². The molecule has 1 aliphatic heterocycles. The maximum atomic E-state index is 13.7. The maximum Gasteiger partial charge on any atom is 0.165 e. The average Bonchev–Trinajstić information content (AvgIpc) is 3.27. The van der Waals surface area contributed by atoms with Crippen molar-refractivity contribution < 1.29 is 9.50 Å². The van der Waals surface area contributed by atoms with Crippen LogP contribution in [-0.4, -0.2) is 23.2 Å². The van der Waals surface area contributed by atoms with Gasteiger partial charge in [0, 0.05) is 24.3 Å². The van der Waals surface area contributed by atoms with E-state index in [-0.39, 0.29) is 5.75 Å². The van der Waals surface area contributed by atoms with Crippen LogP contribution >= 0.6 is 11.3 Å². The number of aromatic hydroxyl groups is 1. The molecule has 1 N–H and O–H groups in total. The van der Waals surface area contributed by atoms with Crippen LogP contribution < -0.4 is 4.90 Å². The second-order valence-corrected chi connectivity index (χ2v) is 7.34. The van der Waals surface area contributed by atoms with Crippen LogP contribution in [0.2, 0.25) is 0 Å². The lowest BCUT2D eigenvalue weighted by molar-refractivity contribution is 0.432. The van der Waals surface area contributed by atoms with E-state index in [1.54, 1.807) is 17.4 Å². The van der Waals surface area contributed by atoms with Gasteiger partial charge in [0.2, 0.25) is 0 Å². The van der Waals surface area contributed by atoms with Crippen LogP contribution in [0, 0.1) is 12.7 Å². The van der Waals surface area contributed by atoms with Crippen LogP contribution in [0.15, 0.2) is 42.5 Å². The number of phenols is 1. The van der Waals surface area contributed by atoms with Crippen molar-refractivity contribution in [3.63, 3.8) is 0 Å². The van der Waals surface area contributed by atoms with Gasteiger partial charge in [0.05, 0.1) is 10.6 Å². The number of halogens is 1. The van der Waals surface area contributed by atoms with Gasteiger partial charge >= 0.3 is 0 Å². The summed E-state index contributed by atoms with van der Waals surface area (Å²) in [6.45, 7) is 4.15. The molecule has 128 valence electrons. The first-order chi connectivity index (χ1) is 12.1. The van der Waals surface area contributed by atoms with E-state index in [1.807, 2.05) is 6.92 Å². The number of hydrogen-bond acceptors (Lipinski definition) is 4. The van der Waals surface area contributed by atoms with Gasteiger partial charge in [0.25, 0.3) is 0 Å². The Kier molecular flexibility index (Phi) is 4.17. The highest BCUT2D eigenvalue weighted by molar-refractivity contribution is 7.18. The van der Waals surface area contributed by atoms with E-state index in [0.29, 0.717) is 0 Å². The molecule has 3 aromatic rings. The molecule has 1 fully saturated rings. The van der Waals surface area contributed by atoms with Crippen LogP contribution in [0.4, 0.5) is 10.1 Å². The average molecular weight is 354 g/mol. The molecule has 5 heteroatoms. The third-order valence-corrected chi connectivity index (χ3v) is 5.83. The minimum absolute atomic E-state index is 0.329. The smallest absolute Gasteiger partial charge is 0.165 e. The standard InChI is InChI=1S/C20H19FN2OS/c1-13-19(14-7-8-18(24)17(21)12-14)25-20(22-13)15-5-4-6-16(11-15)23-9-2-3-10-23/h4-8,11-12,24H,2-3,9-10H2,1H3. The summed E-state index contributed by atoms with van der Waals surface area (Å²) in [6.07, 6.45) is 2.49. The molecule has 4 rings (SSSR count). The molecule has 1 aromatic heterocycles. The van der Waals surface area contributed by atoms with E-state index < -0.39 is 5.82 Å². The number of nitrogens with zero attached hydrogens (tertiary/aromatic N) is 2. The molecule has 2 heterocycles. The Morgan fingerprint density at radius 3 is 2.64 bits per heavy atom. The number of phenolic OH excluding ortho intramolecular Hbond substituents is 1. The summed E-state index contributed by atoms with van der Waals surface area (Å²) in [5.41, 5.74) is 3.94. The third-order valence-electron chi connectivity index (χ3n) is 4.57. The number of rotatable bonds is 3. The highest BCUT2D eigenvalue weighted by Crippen LogP contribution is 2.37. The lowest BCUT2D eigenvalue weighted by Gasteiger charge is -2.17. The molecule has 0 amide bonds. The summed E-state index contributed by atoms with van der Waals surface area (Å²) < 4.78 is 13.7. The number of anilines is 1. The van der Waals surface area contributed by atoms with Gasteiger partial charge in [-0.1, -0.05) is 12.1 Å². The van der Waals surface area contributed by atoms with Crippen LogP contribution in [-0.2, 0) is 0 Å². The first-order valence-corrected chi connectivity index (χ1v) is 9.25. The van der Waals surface area contributed by atoms with Gasteiger partial charge in [0.1, 0.15) is 5.01 Å². The second-order valence-electron chi connectivity index (χ2n) is 6.34. The summed E-state index contributed by atoms with van der Waals surface area (Å²) in [7, 11) is 0. The zero-order valence-electron chi connectivity index (χ0n) is 14.0. The maximum absolute atomic E-state index is 13.7. The zero-order valence-corrected chi connectivity index (χ0v) is 14.8. The van der Waals surface area contributed by atoms with Crippen LogP contribution in [0.5, 0.6) is 5.75 Å². The van der Waals surface area contributed by atoms with Crippen molar-refractivity contribution in [1.82, 2.24) is 4.98 Å². The molecule has 0 spiro atoms. The van der Waals surface area contributed by atoms with E-state index in [9.17, 15) is 9.50 Å².